The lowest BCUT2D eigenvalue weighted by molar-refractivity contribution is 0.0946. The quantitative estimate of drug-likeness (QED) is 0.857. The fourth-order valence-corrected chi connectivity index (χ4v) is 2.78. The maximum absolute atomic E-state index is 12.0. The maximum Gasteiger partial charge on any atom is 0.271 e. The number of rotatable bonds is 6. The van der Waals surface area contributed by atoms with Gasteiger partial charge in [-0.25, -0.2) is 5.10 Å². The Morgan fingerprint density at radius 2 is 2.00 bits per heavy atom. The Kier molecular flexibility index (Phi) is 4.32. The summed E-state index contributed by atoms with van der Waals surface area (Å²) in [5.41, 5.74) is 1.28. The number of benzene rings is 1. The molecule has 1 fully saturated rings. The summed E-state index contributed by atoms with van der Waals surface area (Å²) in [5, 5.41) is 8.88. The van der Waals surface area contributed by atoms with Crippen molar-refractivity contribution in [1.82, 2.24) is 15.5 Å². The van der Waals surface area contributed by atoms with E-state index in [-0.39, 0.29) is 17.2 Å². The van der Waals surface area contributed by atoms with E-state index in [1.54, 1.807) is 0 Å². The number of nitrogens with one attached hydrogen (secondary N) is 2. The lowest BCUT2D eigenvalue weighted by Crippen LogP contribution is -2.27. The van der Waals surface area contributed by atoms with E-state index in [0.717, 1.165) is 12.3 Å². The van der Waals surface area contributed by atoms with Gasteiger partial charge in [-0.15, -0.1) is 0 Å². The largest absolute Gasteiger partial charge is 0.351 e. The zero-order valence-electron chi connectivity index (χ0n) is 12.3. The van der Waals surface area contributed by atoms with Crippen LogP contribution in [-0.2, 0) is 0 Å². The van der Waals surface area contributed by atoms with Crippen molar-refractivity contribution in [3.8, 4) is 0 Å². The van der Waals surface area contributed by atoms with Gasteiger partial charge in [0, 0.05) is 12.6 Å². The minimum Gasteiger partial charge on any atom is -0.351 e. The van der Waals surface area contributed by atoms with Crippen molar-refractivity contribution >= 4 is 5.91 Å². The van der Waals surface area contributed by atoms with E-state index in [1.165, 1.54) is 30.5 Å². The third-order valence-corrected chi connectivity index (χ3v) is 4.07. The second-order valence-electron chi connectivity index (χ2n) is 5.71. The van der Waals surface area contributed by atoms with Crippen LogP contribution in [0.5, 0.6) is 0 Å². The van der Waals surface area contributed by atoms with Crippen molar-refractivity contribution < 1.29 is 4.79 Å². The van der Waals surface area contributed by atoms with Crippen LogP contribution in [0.3, 0.4) is 0 Å². The third-order valence-electron chi connectivity index (χ3n) is 4.07. The molecule has 1 unspecified atom stereocenters. The topological polar surface area (TPSA) is 74.8 Å². The van der Waals surface area contributed by atoms with E-state index in [1.807, 2.05) is 6.07 Å². The first-order valence-electron chi connectivity index (χ1n) is 7.63. The fourth-order valence-electron chi connectivity index (χ4n) is 2.78. The maximum atomic E-state index is 12.0. The molecule has 3 rings (SSSR count). The molecular weight excluding hydrogens is 278 g/mol. The van der Waals surface area contributed by atoms with Crippen LogP contribution in [0.15, 0.2) is 47.3 Å². The average molecular weight is 297 g/mol. The molecule has 114 valence electrons. The molecule has 0 bridgehead atoms. The third kappa shape index (κ3) is 3.61. The molecule has 1 aliphatic carbocycles. The molecule has 1 saturated carbocycles. The number of hydrogen-bond donors (Lipinski definition) is 2. The molecular formula is C17H19N3O2. The van der Waals surface area contributed by atoms with Crippen molar-refractivity contribution in [3.05, 3.63) is 64.1 Å². The summed E-state index contributed by atoms with van der Waals surface area (Å²) in [7, 11) is 0. The molecule has 0 radical (unpaired) electrons. The Labute approximate surface area is 128 Å². The summed E-state index contributed by atoms with van der Waals surface area (Å²) in [6.07, 6.45) is 3.47. The monoisotopic (exact) mass is 297 g/mol. The summed E-state index contributed by atoms with van der Waals surface area (Å²) < 4.78 is 0. The molecule has 1 amide bonds. The Morgan fingerprint density at radius 1 is 1.23 bits per heavy atom. The molecule has 5 heteroatoms. The lowest BCUT2D eigenvalue weighted by Gasteiger charge is -2.17. The minimum absolute atomic E-state index is 0.238. The van der Waals surface area contributed by atoms with E-state index in [4.69, 9.17) is 0 Å². The van der Waals surface area contributed by atoms with Crippen molar-refractivity contribution in [3.63, 3.8) is 0 Å². The van der Waals surface area contributed by atoms with E-state index in [0.29, 0.717) is 12.5 Å². The van der Waals surface area contributed by atoms with Crippen molar-refractivity contribution in [2.24, 2.45) is 5.92 Å². The van der Waals surface area contributed by atoms with Gasteiger partial charge in [0.2, 0.25) is 0 Å². The van der Waals surface area contributed by atoms with Crippen molar-refractivity contribution in [1.29, 1.82) is 0 Å². The minimum atomic E-state index is -0.311. The number of carbonyl (C=O) groups is 1. The summed E-state index contributed by atoms with van der Waals surface area (Å²) in [5.74, 6) is 0.995. The molecule has 1 heterocycles. The highest BCUT2D eigenvalue weighted by atomic mass is 16.2. The van der Waals surface area contributed by atoms with E-state index in [2.05, 4.69) is 39.8 Å². The van der Waals surface area contributed by atoms with Gasteiger partial charge in [-0.3, -0.25) is 9.59 Å². The Morgan fingerprint density at radius 3 is 2.64 bits per heavy atom. The van der Waals surface area contributed by atoms with Crippen LogP contribution in [0.4, 0.5) is 0 Å². The number of amides is 1. The molecule has 1 aliphatic rings. The van der Waals surface area contributed by atoms with Gasteiger partial charge in [0.15, 0.2) is 0 Å². The van der Waals surface area contributed by atoms with Gasteiger partial charge < -0.3 is 5.32 Å². The zero-order valence-corrected chi connectivity index (χ0v) is 12.3. The van der Waals surface area contributed by atoms with Gasteiger partial charge in [-0.2, -0.15) is 5.10 Å². The fraction of sp³-hybridized carbons (Fsp3) is 0.353. The van der Waals surface area contributed by atoms with Crippen LogP contribution < -0.4 is 10.9 Å². The average Bonchev–Trinajstić information content (AvgIpc) is 3.37. The predicted octanol–water partition coefficient (Wildman–Crippen LogP) is 2.08. The molecule has 5 nitrogen and oxygen atoms in total. The molecule has 1 aromatic heterocycles. The molecule has 0 aliphatic heterocycles. The smallest absolute Gasteiger partial charge is 0.271 e. The molecule has 1 atom stereocenters. The van der Waals surface area contributed by atoms with Crippen LogP contribution in [0, 0.1) is 5.92 Å². The number of H-pyrrole nitrogens is 1. The van der Waals surface area contributed by atoms with Crippen molar-refractivity contribution in [2.75, 3.05) is 6.54 Å². The lowest BCUT2D eigenvalue weighted by atomic mass is 9.91. The summed E-state index contributed by atoms with van der Waals surface area (Å²) in [6.45, 7) is 0.607. The Bertz CT molecular complexity index is 672. The number of nitrogens with zero attached hydrogens (tertiary/aromatic N) is 1. The first-order valence-corrected chi connectivity index (χ1v) is 7.63. The van der Waals surface area contributed by atoms with Gasteiger partial charge in [-0.05, 0) is 42.7 Å². The highest BCUT2D eigenvalue weighted by Gasteiger charge is 2.31. The van der Waals surface area contributed by atoms with Gasteiger partial charge in [-0.1, -0.05) is 30.3 Å². The van der Waals surface area contributed by atoms with Crippen LogP contribution >= 0.6 is 0 Å². The summed E-state index contributed by atoms with van der Waals surface area (Å²) in [6, 6.07) is 13.2. The highest BCUT2D eigenvalue weighted by Crippen LogP contribution is 2.44. The van der Waals surface area contributed by atoms with Crippen molar-refractivity contribution in [2.45, 2.75) is 25.2 Å². The SMILES string of the molecule is O=C(NCCC(c1ccccc1)C1CC1)c1ccc(=O)[nH]n1. The molecule has 2 aromatic rings. The second kappa shape index (κ2) is 6.56. The van der Waals surface area contributed by atoms with E-state index >= 15 is 0 Å². The molecule has 0 spiro atoms. The number of hydrogen-bond acceptors (Lipinski definition) is 3. The van der Waals surface area contributed by atoms with Gasteiger partial charge in [0.1, 0.15) is 5.69 Å². The molecule has 0 saturated heterocycles. The summed E-state index contributed by atoms with van der Waals surface area (Å²) in [4.78, 5) is 22.9. The Balaban J connectivity index is 1.56. The highest BCUT2D eigenvalue weighted by molar-refractivity contribution is 5.91. The first-order chi connectivity index (χ1) is 10.7. The van der Waals surface area contributed by atoms with Crippen LogP contribution in [0.2, 0.25) is 0 Å². The Hall–Kier alpha value is -2.43. The number of carbonyl (C=O) groups excluding carboxylic acids is 1. The second-order valence-corrected chi connectivity index (χ2v) is 5.71. The van der Waals surface area contributed by atoms with Gasteiger partial charge in [0.25, 0.3) is 11.5 Å². The first kappa shape index (κ1) is 14.5. The number of aromatic nitrogens is 2. The van der Waals surface area contributed by atoms with Crippen LogP contribution in [-0.4, -0.2) is 22.6 Å². The van der Waals surface area contributed by atoms with Gasteiger partial charge in [0.05, 0.1) is 0 Å². The molecule has 1 aromatic carbocycles. The van der Waals surface area contributed by atoms with Crippen LogP contribution in [0.25, 0.3) is 0 Å². The summed E-state index contributed by atoms with van der Waals surface area (Å²) >= 11 is 0. The number of aromatic amines is 1. The zero-order chi connectivity index (χ0) is 15.4. The van der Waals surface area contributed by atoms with Gasteiger partial charge >= 0.3 is 0 Å². The van der Waals surface area contributed by atoms with E-state index < -0.39 is 0 Å². The predicted molar refractivity (Wildman–Crippen MR) is 83.7 cm³/mol. The molecule has 2 N–H and O–H groups in total. The molecule has 22 heavy (non-hydrogen) atoms. The van der Waals surface area contributed by atoms with Crippen LogP contribution in [0.1, 0.15) is 41.2 Å². The normalized spacial score (nSPS) is 15.3. The van der Waals surface area contributed by atoms with E-state index in [9.17, 15) is 9.59 Å². The standard InChI is InChI=1S/C17H19N3O2/c21-16-9-8-15(19-20-16)17(22)18-11-10-14(13-6-7-13)12-4-2-1-3-5-12/h1-5,8-9,13-14H,6-7,10-11H2,(H,18,22)(H,20,21).